The van der Waals surface area contributed by atoms with Gasteiger partial charge >= 0.3 is 23.9 Å². The van der Waals surface area contributed by atoms with Crippen LogP contribution < -0.4 is 33.6 Å². The maximum atomic E-state index is 13.4. The zero-order valence-electron chi connectivity index (χ0n) is 26.8. The van der Waals surface area contributed by atoms with E-state index in [9.17, 15) is 19.2 Å². The summed E-state index contributed by atoms with van der Waals surface area (Å²) in [6.45, 7) is 7.59. The fraction of sp³-hybridized carbons (Fsp3) is 0.500. The van der Waals surface area contributed by atoms with E-state index in [1.54, 1.807) is 12.1 Å². The molecular weight excluding hydrogens is 628 g/mol. The first kappa shape index (κ1) is 38.4. The predicted molar refractivity (Wildman–Crippen MR) is 171 cm³/mol. The Labute approximate surface area is 279 Å². The van der Waals surface area contributed by atoms with E-state index in [1.807, 2.05) is 18.2 Å². The molecule has 2 saturated heterocycles. The van der Waals surface area contributed by atoms with Crippen molar-refractivity contribution >= 4 is 23.9 Å². The topological polar surface area (TPSA) is 252 Å². The summed E-state index contributed by atoms with van der Waals surface area (Å²) in [6.07, 6.45) is 0.133. The first-order valence-electron chi connectivity index (χ1n) is 15.4. The number of nitrogens with one attached hydrogen (secondary N) is 2. The van der Waals surface area contributed by atoms with Crippen LogP contribution in [0.15, 0.2) is 67.8 Å². The Balaban J connectivity index is 1.85. The van der Waals surface area contributed by atoms with Crippen LogP contribution in [0.25, 0.3) is 0 Å². The quantitative estimate of drug-likeness (QED) is 0.0341. The monoisotopic (exact) mass is 674 g/mol. The number of nitrogens with two attached hydrogens (primary N) is 4. The Bertz CT molecular complexity index is 1280. The highest BCUT2D eigenvalue weighted by Crippen LogP contribution is 2.39. The van der Waals surface area contributed by atoms with Crippen LogP contribution >= 0.6 is 0 Å². The smallest absolute Gasteiger partial charge is 0.313 e. The van der Waals surface area contributed by atoms with Crippen molar-refractivity contribution in [2.24, 2.45) is 46.6 Å². The molecule has 0 aliphatic carbocycles. The lowest BCUT2D eigenvalue weighted by Gasteiger charge is -2.21. The molecular formula is C32H46N6O10. The SMILES string of the molecule is C=CC1OC(/C=C\C2OC(C=C)C(C(=O)OCCNC(N)N)C2C(=O)OCCNC(N)N)C(C(=O)OC)C1C(=O)OCc1ccccc1. The van der Waals surface area contributed by atoms with Gasteiger partial charge in [0.2, 0.25) is 0 Å². The zero-order valence-corrected chi connectivity index (χ0v) is 26.8. The highest BCUT2D eigenvalue weighted by atomic mass is 16.6. The van der Waals surface area contributed by atoms with Gasteiger partial charge in [-0.2, -0.15) is 0 Å². The summed E-state index contributed by atoms with van der Waals surface area (Å²) in [4.78, 5) is 53.1. The van der Waals surface area contributed by atoms with Crippen molar-refractivity contribution < 1.29 is 47.6 Å². The molecule has 0 saturated carbocycles. The normalized spacial score (nSPS) is 26.8. The van der Waals surface area contributed by atoms with Gasteiger partial charge in [0.1, 0.15) is 56.1 Å². The number of carbonyl (C=O) groups excluding carboxylic acids is 4. The van der Waals surface area contributed by atoms with Crippen molar-refractivity contribution in [2.75, 3.05) is 33.4 Å². The summed E-state index contributed by atoms with van der Waals surface area (Å²) < 4.78 is 33.5. The third kappa shape index (κ3) is 10.5. The Morgan fingerprint density at radius 2 is 1.12 bits per heavy atom. The maximum absolute atomic E-state index is 13.4. The van der Waals surface area contributed by atoms with Crippen LogP contribution in [0.4, 0.5) is 0 Å². The number of benzene rings is 1. The average molecular weight is 675 g/mol. The van der Waals surface area contributed by atoms with Gasteiger partial charge < -0.3 is 51.4 Å². The Morgan fingerprint density at radius 3 is 1.54 bits per heavy atom. The first-order chi connectivity index (χ1) is 23.0. The van der Waals surface area contributed by atoms with Crippen molar-refractivity contribution in [1.29, 1.82) is 0 Å². The minimum atomic E-state index is -1.20. The number of ether oxygens (including phenoxy) is 6. The van der Waals surface area contributed by atoms with Crippen LogP contribution in [-0.4, -0.2) is 94.3 Å². The van der Waals surface area contributed by atoms with Crippen molar-refractivity contribution in [1.82, 2.24) is 10.6 Å². The summed E-state index contributed by atoms with van der Waals surface area (Å²) in [5.74, 6) is -7.48. The van der Waals surface area contributed by atoms with E-state index >= 15 is 0 Å². The molecule has 16 nitrogen and oxygen atoms in total. The van der Waals surface area contributed by atoms with Crippen LogP contribution in [0, 0.1) is 23.7 Å². The highest BCUT2D eigenvalue weighted by molar-refractivity contribution is 5.85. The molecule has 48 heavy (non-hydrogen) atoms. The van der Waals surface area contributed by atoms with Crippen molar-refractivity contribution in [3.8, 4) is 0 Å². The first-order valence-corrected chi connectivity index (χ1v) is 15.4. The molecule has 8 unspecified atom stereocenters. The molecule has 1 aromatic carbocycles. The number of hydrogen-bond acceptors (Lipinski definition) is 16. The van der Waals surface area contributed by atoms with E-state index in [-0.39, 0.29) is 32.9 Å². The van der Waals surface area contributed by atoms with Gasteiger partial charge in [-0.3, -0.25) is 29.8 Å². The molecule has 2 fully saturated rings. The van der Waals surface area contributed by atoms with E-state index in [4.69, 9.17) is 51.4 Å². The summed E-state index contributed by atoms with van der Waals surface area (Å²) in [5.41, 5.74) is 22.7. The van der Waals surface area contributed by atoms with Gasteiger partial charge in [0.25, 0.3) is 0 Å². The van der Waals surface area contributed by atoms with Crippen molar-refractivity contribution in [2.45, 2.75) is 43.6 Å². The predicted octanol–water partition coefficient (Wildman–Crippen LogP) is -1.50. The van der Waals surface area contributed by atoms with E-state index in [0.29, 0.717) is 0 Å². The van der Waals surface area contributed by atoms with Gasteiger partial charge in [0.05, 0.1) is 31.5 Å². The van der Waals surface area contributed by atoms with Crippen LogP contribution in [0.2, 0.25) is 0 Å². The Morgan fingerprint density at radius 1 is 0.708 bits per heavy atom. The summed E-state index contributed by atoms with van der Waals surface area (Å²) in [6, 6.07) is 9.05. The molecule has 0 bridgehead atoms. The van der Waals surface area contributed by atoms with Gasteiger partial charge in [-0.25, -0.2) is 0 Å². The molecule has 8 atom stereocenters. The lowest BCUT2D eigenvalue weighted by atomic mass is 9.85. The third-order valence-electron chi connectivity index (χ3n) is 7.74. The summed E-state index contributed by atoms with van der Waals surface area (Å²) in [5, 5.41) is 5.43. The number of esters is 4. The number of methoxy groups -OCH3 is 1. The molecule has 3 rings (SSSR count). The van der Waals surface area contributed by atoms with Crippen LogP contribution in [-0.2, 0) is 54.2 Å². The second-order valence-electron chi connectivity index (χ2n) is 11.0. The Kier molecular flexibility index (Phi) is 15.3. The van der Waals surface area contributed by atoms with Crippen molar-refractivity contribution in [3.05, 3.63) is 73.4 Å². The second kappa shape index (κ2) is 19.1. The molecule has 10 N–H and O–H groups in total. The molecule has 2 heterocycles. The standard InChI is InChI=1S/C32H46N6O10/c1-4-19-23(30(42)46-17-18-9-7-6-8-10-18)25(27(39)43-3)21(47-19)11-12-22-26(29(41)45-16-14-38-32(35)36)24(20(5-2)48-22)28(40)44-15-13-37-31(33)34/h4-12,19-26,31-32,37-38H,1-2,13-17,33-36H2,3H3/b12-11-. The zero-order chi connectivity index (χ0) is 35.2. The fourth-order valence-electron chi connectivity index (χ4n) is 5.50. The van der Waals surface area contributed by atoms with E-state index in [1.165, 1.54) is 31.4 Å². The maximum Gasteiger partial charge on any atom is 0.313 e. The summed E-state index contributed by atoms with van der Waals surface area (Å²) >= 11 is 0. The largest absolute Gasteiger partial charge is 0.469 e. The van der Waals surface area contributed by atoms with Gasteiger partial charge in [0, 0.05) is 13.1 Å². The van der Waals surface area contributed by atoms with E-state index in [2.05, 4.69) is 23.8 Å². The molecule has 0 radical (unpaired) electrons. The van der Waals surface area contributed by atoms with Gasteiger partial charge in [-0.05, 0) is 5.56 Å². The molecule has 2 aliphatic heterocycles. The molecule has 0 amide bonds. The highest BCUT2D eigenvalue weighted by Gasteiger charge is 2.54. The fourth-order valence-corrected chi connectivity index (χ4v) is 5.50. The number of rotatable bonds is 18. The molecule has 1 aromatic rings. The minimum absolute atomic E-state index is 0.0175. The molecule has 16 heteroatoms. The number of carbonyl (C=O) groups is 4. The molecule has 264 valence electrons. The lowest BCUT2D eigenvalue weighted by molar-refractivity contribution is -0.159. The van der Waals surface area contributed by atoms with Crippen LogP contribution in [0.5, 0.6) is 0 Å². The van der Waals surface area contributed by atoms with Crippen LogP contribution in [0.3, 0.4) is 0 Å². The van der Waals surface area contributed by atoms with Gasteiger partial charge in [-0.15, -0.1) is 13.2 Å². The van der Waals surface area contributed by atoms with Crippen molar-refractivity contribution in [3.63, 3.8) is 0 Å². The summed E-state index contributed by atoms with van der Waals surface area (Å²) in [7, 11) is 1.19. The second-order valence-corrected chi connectivity index (χ2v) is 11.0. The van der Waals surface area contributed by atoms with Gasteiger partial charge in [0.15, 0.2) is 0 Å². The lowest BCUT2D eigenvalue weighted by Crippen LogP contribution is -2.47. The van der Waals surface area contributed by atoms with Gasteiger partial charge in [-0.1, -0.05) is 54.6 Å². The average Bonchev–Trinajstić information content (AvgIpc) is 3.64. The molecule has 0 spiro atoms. The number of hydrogen-bond donors (Lipinski definition) is 6. The van der Waals surface area contributed by atoms with E-state index < -0.39 is 84.5 Å². The Hall–Kier alpha value is -4.00. The van der Waals surface area contributed by atoms with E-state index in [0.717, 1.165) is 5.56 Å². The van der Waals surface area contributed by atoms with Crippen LogP contribution in [0.1, 0.15) is 5.56 Å². The minimum Gasteiger partial charge on any atom is -0.469 e. The molecule has 2 aliphatic rings. The molecule has 0 aromatic heterocycles. The third-order valence-corrected chi connectivity index (χ3v) is 7.74.